The van der Waals surface area contributed by atoms with E-state index in [2.05, 4.69) is 10.5 Å². The summed E-state index contributed by atoms with van der Waals surface area (Å²) in [4.78, 5) is 12.9. The maximum absolute atomic E-state index is 13.3. The predicted octanol–water partition coefficient (Wildman–Crippen LogP) is 3.27. The maximum atomic E-state index is 13.3. The quantitative estimate of drug-likeness (QED) is 0.477. The van der Waals surface area contributed by atoms with Gasteiger partial charge in [0.1, 0.15) is 0 Å². The number of carbonyl (C=O) groups excluding carboxylic acids is 1. The molecule has 1 amide bonds. The molecule has 3 aromatic rings. The predicted molar refractivity (Wildman–Crippen MR) is 117 cm³/mol. The molecule has 0 fully saturated rings. The minimum absolute atomic E-state index is 0.0623. The largest absolute Gasteiger partial charge is 0.505 e. The van der Waals surface area contributed by atoms with Crippen molar-refractivity contribution in [2.75, 3.05) is 0 Å². The molecule has 7 nitrogen and oxygen atoms in total. The number of carbonyl (C=O) groups is 1. The van der Waals surface area contributed by atoms with Crippen LogP contribution in [0.25, 0.3) is 5.76 Å². The van der Waals surface area contributed by atoms with Crippen LogP contribution in [0.15, 0.2) is 101 Å². The number of aliphatic hydroxyl groups is 1. The SMILES string of the molecule is O=C(N/N=C/c1ccccc1)C1=C(O)c2ccccc2S(=O)(=O)N1Cc1ccccc1. The number of hydrogen-bond donors (Lipinski definition) is 2. The fourth-order valence-electron chi connectivity index (χ4n) is 3.26. The molecule has 4 rings (SSSR count). The first kappa shape index (κ1) is 20.4. The highest BCUT2D eigenvalue weighted by molar-refractivity contribution is 7.89. The van der Waals surface area contributed by atoms with Gasteiger partial charge in [0.2, 0.25) is 0 Å². The van der Waals surface area contributed by atoms with E-state index in [0.717, 1.165) is 9.87 Å². The Morgan fingerprint density at radius 1 is 0.935 bits per heavy atom. The molecule has 2 N–H and O–H groups in total. The number of nitrogens with zero attached hydrogens (tertiary/aromatic N) is 2. The molecule has 0 saturated carbocycles. The Labute approximate surface area is 180 Å². The van der Waals surface area contributed by atoms with E-state index < -0.39 is 21.7 Å². The van der Waals surface area contributed by atoms with Gasteiger partial charge in [0.15, 0.2) is 11.5 Å². The third-order valence-corrected chi connectivity index (χ3v) is 6.55. The van der Waals surface area contributed by atoms with Crippen LogP contribution in [0.3, 0.4) is 0 Å². The zero-order valence-electron chi connectivity index (χ0n) is 16.3. The summed E-state index contributed by atoms with van der Waals surface area (Å²) >= 11 is 0. The van der Waals surface area contributed by atoms with Crippen LogP contribution in [0.5, 0.6) is 0 Å². The van der Waals surface area contributed by atoms with E-state index in [0.29, 0.717) is 5.56 Å². The first-order valence-electron chi connectivity index (χ1n) is 9.46. The van der Waals surface area contributed by atoms with Crippen molar-refractivity contribution in [2.24, 2.45) is 5.10 Å². The normalized spacial score (nSPS) is 15.0. The van der Waals surface area contributed by atoms with E-state index in [9.17, 15) is 18.3 Å². The van der Waals surface area contributed by atoms with Crippen LogP contribution < -0.4 is 5.43 Å². The number of aliphatic hydroxyl groups excluding tert-OH is 1. The number of sulfonamides is 1. The fourth-order valence-corrected chi connectivity index (χ4v) is 4.92. The number of hydrazone groups is 1. The number of amides is 1. The Hall–Kier alpha value is -3.91. The maximum Gasteiger partial charge on any atom is 0.292 e. The summed E-state index contributed by atoms with van der Waals surface area (Å²) in [6.45, 7) is -0.118. The Morgan fingerprint density at radius 3 is 2.26 bits per heavy atom. The topological polar surface area (TPSA) is 99.1 Å². The number of benzene rings is 3. The molecule has 0 unspecified atom stereocenters. The van der Waals surface area contributed by atoms with Gasteiger partial charge in [0.25, 0.3) is 15.9 Å². The Kier molecular flexibility index (Phi) is 5.55. The molecule has 1 aliphatic rings. The van der Waals surface area contributed by atoms with E-state index in [1.807, 2.05) is 24.3 Å². The summed E-state index contributed by atoms with van der Waals surface area (Å²) in [5.41, 5.74) is 3.43. The van der Waals surface area contributed by atoms with Crippen LogP contribution in [-0.4, -0.2) is 30.0 Å². The molecule has 0 radical (unpaired) electrons. The molecule has 0 saturated heterocycles. The van der Waals surface area contributed by atoms with Crippen LogP contribution in [0.1, 0.15) is 16.7 Å². The molecule has 0 bridgehead atoms. The van der Waals surface area contributed by atoms with Crippen LogP contribution in [0.4, 0.5) is 0 Å². The third kappa shape index (κ3) is 4.06. The molecule has 3 aromatic carbocycles. The number of fused-ring (bicyclic) bond motifs is 1. The van der Waals surface area contributed by atoms with Gasteiger partial charge in [0, 0.05) is 5.56 Å². The molecule has 0 aliphatic carbocycles. The zero-order valence-corrected chi connectivity index (χ0v) is 17.2. The fraction of sp³-hybridized carbons (Fsp3) is 0.0435. The van der Waals surface area contributed by atoms with Crippen molar-refractivity contribution < 1.29 is 18.3 Å². The first-order chi connectivity index (χ1) is 15.0. The second-order valence-electron chi connectivity index (χ2n) is 6.80. The molecule has 0 aromatic heterocycles. The average molecular weight is 433 g/mol. The second-order valence-corrected chi connectivity index (χ2v) is 8.63. The highest BCUT2D eigenvalue weighted by atomic mass is 32.2. The summed E-state index contributed by atoms with van der Waals surface area (Å²) in [7, 11) is -4.08. The Morgan fingerprint density at radius 2 is 1.55 bits per heavy atom. The first-order valence-corrected chi connectivity index (χ1v) is 10.9. The minimum atomic E-state index is -4.08. The molecule has 1 aliphatic heterocycles. The van der Waals surface area contributed by atoms with Crippen molar-refractivity contribution in [3.05, 3.63) is 107 Å². The van der Waals surface area contributed by atoms with Crippen molar-refractivity contribution in [1.82, 2.24) is 9.73 Å². The summed E-state index contributed by atoms with van der Waals surface area (Å²) < 4.78 is 27.6. The Bertz CT molecular complexity index is 1270. The number of nitrogens with one attached hydrogen (secondary N) is 1. The van der Waals surface area contributed by atoms with Gasteiger partial charge in [-0.25, -0.2) is 13.8 Å². The van der Waals surface area contributed by atoms with Crippen molar-refractivity contribution in [3.63, 3.8) is 0 Å². The number of hydrogen-bond acceptors (Lipinski definition) is 5. The molecule has 31 heavy (non-hydrogen) atoms. The standard InChI is InChI=1S/C23H19N3O4S/c27-22-19-13-7-8-14-20(19)31(29,30)26(16-18-11-5-2-6-12-18)21(22)23(28)25-24-15-17-9-3-1-4-10-17/h1-15,27H,16H2,(H,25,28)/b24-15+. The van der Waals surface area contributed by atoms with Gasteiger partial charge in [-0.15, -0.1) is 0 Å². The third-order valence-electron chi connectivity index (χ3n) is 4.75. The monoisotopic (exact) mass is 433 g/mol. The van der Waals surface area contributed by atoms with Gasteiger partial charge in [-0.1, -0.05) is 72.8 Å². The van der Waals surface area contributed by atoms with Crippen LogP contribution >= 0.6 is 0 Å². The van der Waals surface area contributed by atoms with Crippen molar-refractivity contribution >= 4 is 27.9 Å². The summed E-state index contributed by atoms with van der Waals surface area (Å²) in [6, 6.07) is 24.0. The molecular formula is C23H19N3O4S. The number of rotatable bonds is 5. The lowest BCUT2D eigenvalue weighted by atomic mass is 10.1. The summed E-state index contributed by atoms with van der Waals surface area (Å²) in [5.74, 6) is -1.26. The van der Waals surface area contributed by atoms with Crippen LogP contribution in [0, 0.1) is 0 Å². The van der Waals surface area contributed by atoms with Crippen molar-refractivity contribution in [2.45, 2.75) is 11.4 Å². The molecule has 0 spiro atoms. The molecule has 0 atom stereocenters. The van der Waals surface area contributed by atoms with E-state index in [1.165, 1.54) is 18.3 Å². The second kappa shape index (κ2) is 8.45. The van der Waals surface area contributed by atoms with E-state index >= 15 is 0 Å². The molecular weight excluding hydrogens is 414 g/mol. The van der Waals surface area contributed by atoms with E-state index in [-0.39, 0.29) is 22.7 Å². The van der Waals surface area contributed by atoms with Crippen molar-refractivity contribution in [3.8, 4) is 0 Å². The lowest BCUT2D eigenvalue weighted by Gasteiger charge is -2.31. The zero-order chi connectivity index (χ0) is 21.8. The molecule has 8 heteroatoms. The highest BCUT2D eigenvalue weighted by Crippen LogP contribution is 2.36. The van der Waals surface area contributed by atoms with Gasteiger partial charge in [-0.05, 0) is 23.3 Å². The minimum Gasteiger partial charge on any atom is -0.505 e. The van der Waals surface area contributed by atoms with Gasteiger partial charge in [0.05, 0.1) is 17.7 Å². The van der Waals surface area contributed by atoms with Gasteiger partial charge in [-0.2, -0.15) is 5.10 Å². The highest BCUT2D eigenvalue weighted by Gasteiger charge is 2.40. The van der Waals surface area contributed by atoms with Crippen molar-refractivity contribution in [1.29, 1.82) is 0 Å². The lowest BCUT2D eigenvalue weighted by molar-refractivity contribution is -0.118. The molecule has 156 valence electrons. The van der Waals surface area contributed by atoms with Gasteiger partial charge >= 0.3 is 0 Å². The summed E-state index contributed by atoms with van der Waals surface area (Å²) in [5, 5.41) is 14.8. The van der Waals surface area contributed by atoms with Crippen LogP contribution in [0.2, 0.25) is 0 Å². The van der Waals surface area contributed by atoms with Gasteiger partial charge in [-0.3, -0.25) is 9.10 Å². The average Bonchev–Trinajstić information content (AvgIpc) is 2.79. The van der Waals surface area contributed by atoms with E-state index in [1.54, 1.807) is 48.5 Å². The summed E-state index contributed by atoms with van der Waals surface area (Å²) in [6.07, 6.45) is 1.43. The lowest BCUT2D eigenvalue weighted by Crippen LogP contribution is -2.40. The smallest absolute Gasteiger partial charge is 0.292 e. The molecule has 1 heterocycles. The Balaban J connectivity index is 1.74. The van der Waals surface area contributed by atoms with E-state index in [4.69, 9.17) is 0 Å². The van der Waals surface area contributed by atoms with Crippen LogP contribution in [-0.2, 0) is 21.4 Å². The van der Waals surface area contributed by atoms with Gasteiger partial charge < -0.3 is 5.11 Å².